The number of hydrogen-bond donors (Lipinski definition) is 2. The number of imidazole rings is 1. The topological polar surface area (TPSA) is 65.7 Å². The van der Waals surface area contributed by atoms with Crippen LogP contribution in [-0.2, 0) is 0 Å². The van der Waals surface area contributed by atoms with E-state index in [9.17, 15) is 9.59 Å². The highest BCUT2D eigenvalue weighted by Gasteiger charge is 2.12. The van der Waals surface area contributed by atoms with Crippen molar-refractivity contribution in [3.05, 3.63) is 69.1 Å². The normalized spacial score (nSPS) is 10.9. The fourth-order valence-electron chi connectivity index (χ4n) is 2.40. The van der Waals surface area contributed by atoms with E-state index >= 15 is 0 Å². The van der Waals surface area contributed by atoms with Gasteiger partial charge < -0.3 is 9.97 Å². The molecule has 0 aliphatic heterocycles. The van der Waals surface area contributed by atoms with Crippen molar-refractivity contribution in [1.29, 1.82) is 0 Å². The number of aromatic nitrogens is 2. The maximum atomic E-state index is 12.5. The van der Waals surface area contributed by atoms with Crippen molar-refractivity contribution in [2.24, 2.45) is 0 Å². The number of rotatable bonds is 2. The maximum Gasteiger partial charge on any atom is 0.323 e. The zero-order chi connectivity index (χ0) is 14.3. The number of H-pyrrole nitrogens is 2. The number of aromatic amines is 2. The molecule has 0 bridgehead atoms. The molecule has 100 valence electrons. The van der Waals surface area contributed by atoms with E-state index in [1.54, 1.807) is 18.2 Å². The van der Waals surface area contributed by atoms with E-state index in [0.717, 1.165) is 11.1 Å². The molecule has 2 aromatic carbocycles. The largest absolute Gasteiger partial charge is 0.323 e. The van der Waals surface area contributed by atoms with E-state index in [-0.39, 0.29) is 11.5 Å². The number of fused-ring (bicyclic) bond motifs is 1. The van der Waals surface area contributed by atoms with Crippen molar-refractivity contribution in [2.45, 2.75) is 13.8 Å². The molecule has 2 N–H and O–H groups in total. The first-order chi connectivity index (χ1) is 9.54. The molecule has 20 heavy (non-hydrogen) atoms. The monoisotopic (exact) mass is 266 g/mol. The van der Waals surface area contributed by atoms with E-state index in [1.165, 1.54) is 0 Å². The van der Waals surface area contributed by atoms with E-state index in [4.69, 9.17) is 0 Å². The summed E-state index contributed by atoms with van der Waals surface area (Å²) in [4.78, 5) is 29.1. The summed E-state index contributed by atoms with van der Waals surface area (Å²) < 4.78 is 0. The van der Waals surface area contributed by atoms with Gasteiger partial charge in [-0.1, -0.05) is 23.8 Å². The third-order valence-electron chi connectivity index (χ3n) is 3.40. The summed E-state index contributed by atoms with van der Waals surface area (Å²) in [6.07, 6.45) is 0. The van der Waals surface area contributed by atoms with Crippen LogP contribution in [-0.4, -0.2) is 15.8 Å². The van der Waals surface area contributed by atoms with E-state index in [1.807, 2.05) is 32.0 Å². The predicted molar refractivity (Wildman–Crippen MR) is 78.3 cm³/mol. The summed E-state index contributed by atoms with van der Waals surface area (Å²) in [5.41, 5.74) is 4.42. The number of hydrogen-bond acceptors (Lipinski definition) is 2. The molecule has 4 nitrogen and oxygen atoms in total. The molecule has 0 spiro atoms. The molecule has 0 aliphatic rings. The van der Waals surface area contributed by atoms with E-state index in [0.29, 0.717) is 22.2 Å². The van der Waals surface area contributed by atoms with Crippen LogP contribution in [0.2, 0.25) is 0 Å². The summed E-state index contributed by atoms with van der Waals surface area (Å²) in [6.45, 7) is 3.93. The van der Waals surface area contributed by atoms with Crippen LogP contribution in [0.3, 0.4) is 0 Å². The zero-order valence-corrected chi connectivity index (χ0v) is 11.3. The van der Waals surface area contributed by atoms with Gasteiger partial charge in [0, 0.05) is 11.1 Å². The SMILES string of the molecule is Cc1ccc(C(=O)c2ccc3[nH]c(=O)[nH]c3c2)c(C)c1. The minimum atomic E-state index is -0.267. The van der Waals surface area contributed by atoms with E-state index in [2.05, 4.69) is 9.97 Å². The minimum absolute atomic E-state index is 0.0357. The predicted octanol–water partition coefficient (Wildman–Crippen LogP) is 2.70. The summed E-state index contributed by atoms with van der Waals surface area (Å²) in [5.74, 6) is -0.0357. The van der Waals surface area contributed by atoms with Crippen molar-refractivity contribution in [3.63, 3.8) is 0 Å². The second-order valence-electron chi connectivity index (χ2n) is 4.99. The van der Waals surface area contributed by atoms with Gasteiger partial charge in [0.2, 0.25) is 0 Å². The van der Waals surface area contributed by atoms with Crippen LogP contribution in [0.4, 0.5) is 0 Å². The quantitative estimate of drug-likeness (QED) is 0.700. The third kappa shape index (κ3) is 2.05. The summed E-state index contributed by atoms with van der Waals surface area (Å²) in [5, 5.41) is 0. The molecule has 1 heterocycles. The molecule has 3 aromatic rings. The Kier molecular flexibility index (Phi) is 2.79. The van der Waals surface area contributed by atoms with Crippen LogP contribution in [0.25, 0.3) is 11.0 Å². The zero-order valence-electron chi connectivity index (χ0n) is 11.3. The summed E-state index contributed by atoms with van der Waals surface area (Å²) >= 11 is 0. The van der Waals surface area contributed by atoms with Crippen molar-refractivity contribution in [3.8, 4) is 0 Å². The van der Waals surface area contributed by atoms with Gasteiger partial charge in [0.1, 0.15) is 0 Å². The molecule has 1 aromatic heterocycles. The van der Waals surface area contributed by atoms with Gasteiger partial charge in [0.25, 0.3) is 0 Å². The number of carbonyl (C=O) groups is 1. The lowest BCUT2D eigenvalue weighted by Gasteiger charge is -2.06. The molecule has 3 rings (SSSR count). The average molecular weight is 266 g/mol. The van der Waals surface area contributed by atoms with E-state index < -0.39 is 0 Å². The van der Waals surface area contributed by atoms with Gasteiger partial charge in [-0.3, -0.25) is 4.79 Å². The smallest absolute Gasteiger partial charge is 0.306 e. The second kappa shape index (κ2) is 4.49. The van der Waals surface area contributed by atoms with Gasteiger partial charge in [0.15, 0.2) is 5.78 Å². The van der Waals surface area contributed by atoms with Gasteiger partial charge in [-0.2, -0.15) is 0 Å². The van der Waals surface area contributed by atoms with Gasteiger partial charge in [-0.15, -0.1) is 0 Å². The molecule has 0 radical (unpaired) electrons. The van der Waals surface area contributed by atoms with Crippen LogP contribution in [0.1, 0.15) is 27.0 Å². The highest BCUT2D eigenvalue weighted by atomic mass is 16.1. The molecule has 4 heteroatoms. The van der Waals surface area contributed by atoms with Crippen LogP contribution in [0.5, 0.6) is 0 Å². The Balaban J connectivity index is 2.09. The molecular weight excluding hydrogens is 252 g/mol. The molecule has 0 atom stereocenters. The standard InChI is InChI=1S/C16H14N2O2/c1-9-3-5-12(10(2)7-9)15(19)11-4-6-13-14(8-11)18-16(20)17-13/h3-8H,1-2H3,(H2,17,18,20). The first kappa shape index (κ1) is 12.4. The number of benzene rings is 2. The highest BCUT2D eigenvalue weighted by molar-refractivity contribution is 6.11. The fraction of sp³-hybridized carbons (Fsp3) is 0.125. The molecule has 0 amide bonds. The molecule has 0 fully saturated rings. The minimum Gasteiger partial charge on any atom is -0.306 e. The highest BCUT2D eigenvalue weighted by Crippen LogP contribution is 2.18. The van der Waals surface area contributed by atoms with Gasteiger partial charge in [-0.05, 0) is 37.6 Å². The Morgan fingerprint density at radius 1 is 0.950 bits per heavy atom. The Hall–Kier alpha value is -2.62. The fourth-order valence-corrected chi connectivity index (χ4v) is 2.40. The molecule has 0 saturated carbocycles. The van der Waals surface area contributed by atoms with Crippen LogP contribution >= 0.6 is 0 Å². The maximum absolute atomic E-state index is 12.5. The van der Waals surface area contributed by atoms with Gasteiger partial charge >= 0.3 is 5.69 Å². The lowest BCUT2D eigenvalue weighted by Crippen LogP contribution is -2.04. The van der Waals surface area contributed by atoms with Crippen LogP contribution < -0.4 is 5.69 Å². The van der Waals surface area contributed by atoms with Gasteiger partial charge in [0.05, 0.1) is 11.0 Å². The second-order valence-corrected chi connectivity index (χ2v) is 4.99. The molecule has 0 saturated heterocycles. The first-order valence-corrected chi connectivity index (χ1v) is 6.38. The number of carbonyl (C=O) groups excluding carboxylic acids is 1. The lowest BCUT2D eigenvalue weighted by molar-refractivity contribution is 0.103. The number of ketones is 1. The molecule has 0 aliphatic carbocycles. The van der Waals surface area contributed by atoms with Crippen molar-refractivity contribution < 1.29 is 4.79 Å². The van der Waals surface area contributed by atoms with Gasteiger partial charge in [-0.25, -0.2) is 4.79 Å². The first-order valence-electron chi connectivity index (χ1n) is 6.38. The van der Waals surface area contributed by atoms with Crippen molar-refractivity contribution >= 4 is 16.8 Å². The van der Waals surface area contributed by atoms with Crippen molar-refractivity contribution in [1.82, 2.24) is 9.97 Å². The molecule has 0 unspecified atom stereocenters. The average Bonchev–Trinajstić information content (AvgIpc) is 2.77. The van der Waals surface area contributed by atoms with Crippen LogP contribution in [0, 0.1) is 13.8 Å². The molecular formula is C16H14N2O2. The number of aryl methyl sites for hydroxylation is 2. The van der Waals surface area contributed by atoms with Crippen molar-refractivity contribution in [2.75, 3.05) is 0 Å². The van der Waals surface area contributed by atoms with Crippen LogP contribution in [0.15, 0.2) is 41.2 Å². The Bertz CT molecular complexity index is 872. The number of nitrogens with one attached hydrogen (secondary N) is 2. The summed E-state index contributed by atoms with van der Waals surface area (Å²) in [7, 11) is 0. The summed E-state index contributed by atoms with van der Waals surface area (Å²) in [6, 6.07) is 10.9. The Morgan fingerprint density at radius 2 is 1.70 bits per heavy atom. The lowest BCUT2D eigenvalue weighted by atomic mass is 9.97. The third-order valence-corrected chi connectivity index (χ3v) is 3.40. The Morgan fingerprint density at radius 3 is 2.45 bits per heavy atom. The Labute approximate surface area is 115 Å².